The highest BCUT2D eigenvalue weighted by molar-refractivity contribution is 6.16. The van der Waals surface area contributed by atoms with Gasteiger partial charge < -0.3 is 4.57 Å². The lowest BCUT2D eigenvalue weighted by Crippen LogP contribution is -2.15. The molecule has 0 aliphatic heterocycles. The summed E-state index contributed by atoms with van der Waals surface area (Å²) in [5, 5.41) is 0.629. The van der Waals surface area contributed by atoms with Crippen molar-refractivity contribution >= 4 is 22.5 Å². The maximum absolute atomic E-state index is 11.5. The van der Waals surface area contributed by atoms with Crippen LogP contribution in [0.15, 0.2) is 29.1 Å². The number of para-hydroxylation sites is 1. The smallest absolute Gasteiger partial charge is 0.280 e. The van der Waals surface area contributed by atoms with Crippen LogP contribution < -0.4 is 5.56 Å². The number of hydrogen-bond acceptors (Lipinski definition) is 2. The lowest BCUT2D eigenvalue weighted by Gasteiger charge is -2.07. The van der Waals surface area contributed by atoms with Crippen molar-refractivity contribution in [2.24, 2.45) is 7.05 Å². The van der Waals surface area contributed by atoms with Gasteiger partial charge in [0, 0.05) is 7.05 Å². The highest BCUT2D eigenvalue weighted by atomic mass is 35.5. The number of halogens is 1. The Kier molecular flexibility index (Phi) is 2.25. The molecule has 0 spiro atoms. The first-order valence-corrected chi connectivity index (χ1v) is 4.78. The largest absolute Gasteiger partial charge is 0.331 e. The van der Waals surface area contributed by atoms with Crippen LogP contribution in [0.2, 0.25) is 0 Å². The van der Waals surface area contributed by atoms with Crippen molar-refractivity contribution in [2.75, 3.05) is 0 Å². The van der Waals surface area contributed by atoms with Gasteiger partial charge in [-0.1, -0.05) is 12.1 Å². The molecule has 1 aromatic carbocycles. The number of hydrogen-bond donors (Lipinski definition) is 0. The molecule has 0 atom stereocenters. The third-order valence-corrected chi connectivity index (χ3v) is 2.47. The molecule has 0 aliphatic rings. The van der Waals surface area contributed by atoms with Crippen molar-refractivity contribution in [3.8, 4) is 0 Å². The Morgan fingerprint density at radius 3 is 2.86 bits per heavy atom. The molecule has 1 heterocycles. The van der Waals surface area contributed by atoms with Crippen LogP contribution in [0.25, 0.3) is 10.9 Å². The van der Waals surface area contributed by atoms with Gasteiger partial charge in [0.25, 0.3) is 5.56 Å². The van der Waals surface area contributed by atoms with Crippen LogP contribution in [0.3, 0.4) is 0 Å². The molecule has 0 amide bonds. The molecule has 0 unspecified atom stereocenters. The van der Waals surface area contributed by atoms with Gasteiger partial charge in [0.1, 0.15) is 5.82 Å². The molecule has 0 aliphatic carbocycles. The Balaban J connectivity index is 2.95. The van der Waals surface area contributed by atoms with Crippen molar-refractivity contribution in [1.82, 2.24) is 9.55 Å². The topological polar surface area (TPSA) is 34.9 Å². The monoisotopic (exact) mass is 208 g/mol. The van der Waals surface area contributed by atoms with E-state index in [1.807, 2.05) is 29.8 Å². The van der Waals surface area contributed by atoms with Crippen molar-refractivity contribution in [1.29, 1.82) is 0 Å². The molecule has 1 aromatic heterocycles. The lowest BCUT2D eigenvalue weighted by molar-refractivity contribution is 0.828. The van der Waals surface area contributed by atoms with E-state index in [1.165, 1.54) is 0 Å². The second kappa shape index (κ2) is 3.42. The highest BCUT2D eigenvalue weighted by Crippen LogP contribution is 2.10. The minimum absolute atomic E-state index is 0.214. The van der Waals surface area contributed by atoms with Gasteiger partial charge in [0.15, 0.2) is 0 Å². The van der Waals surface area contributed by atoms with Gasteiger partial charge in [-0.15, -0.1) is 11.6 Å². The minimum Gasteiger partial charge on any atom is -0.331 e. The first-order valence-electron chi connectivity index (χ1n) is 4.24. The summed E-state index contributed by atoms with van der Waals surface area (Å²) in [6.07, 6.45) is 0. The summed E-state index contributed by atoms with van der Waals surface area (Å²) in [4.78, 5) is 15.4. The van der Waals surface area contributed by atoms with E-state index < -0.39 is 0 Å². The summed E-state index contributed by atoms with van der Waals surface area (Å²) < 4.78 is 1.84. The third kappa shape index (κ3) is 1.30. The predicted molar refractivity (Wildman–Crippen MR) is 56.5 cm³/mol. The van der Waals surface area contributed by atoms with E-state index in [2.05, 4.69) is 4.98 Å². The zero-order valence-corrected chi connectivity index (χ0v) is 8.45. The molecular weight excluding hydrogens is 200 g/mol. The molecule has 72 valence electrons. The van der Waals surface area contributed by atoms with Crippen LogP contribution >= 0.6 is 11.6 Å². The van der Waals surface area contributed by atoms with Gasteiger partial charge in [-0.05, 0) is 12.1 Å². The summed E-state index contributed by atoms with van der Waals surface area (Å²) in [6, 6.07) is 7.36. The van der Waals surface area contributed by atoms with Crippen molar-refractivity contribution in [3.05, 3.63) is 40.4 Å². The summed E-state index contributed by atoms with van der Waals surface area (Å²) in [5.74, 6) is 0.840. The molecule has 14 heavy (non-hydrogen) atoms. The van der Waals surface area contributed by atoms with Crippen molar-refractivity contribution in [3.63, 3.8) is 0 Å². The molecule has 2 aromatic rings. The van der Waals surface area contributed by atoms with E-state index >= 15 is 0 Å². The van der Waals surface area contributed by atoms with Crippen LogP contribution in [0.1, 0.15) is 5.82 Å². The van der Waals surface area contributed by atoms with Crippen molar-refractivity contribution < 1.29 is 0 Å². The van der Waals surface area contributed by atoms with E-state index in [0.717, 1.165) is 5.52 Å². The molecule has 0 bridgehead atoms. The minimum atomic E-state index is -0.214. The Labute approximate surface area is 86.0 Å². The summed E-state index contributed by atoms with van der Waals surface area (Å²) in [7, 11) is 1.85. The number of fused-ring (bicyclic) bond motifs is 1. The van der Waals surface area contributed by atoms with E-state index in [9.17, 15) is 4.79 Å². The predicted octanol–water partition coefficient (Wildman–Crippen LogP) is 1.67. The maximum Gasteiger partial charge on any atom is 0.280 e. The molecule has 0 saturated heterocycles. The normalized spacial score (nSPS) is 10.7. The second-order valence-corrected chi connectivity index (χ2v) is 3.31. The fourth-order valence-corrected chi connectivity index (χ4v) is 1.70. The van der Waals surface area contributed by atoms with Crippen LogP contribution in [-0.2, 0) is 12.9 Å². The average Bonchev–Trinajstić information content (AvgIpc) is 2.23. The molecule has 0 fully saturated rings. The van der Waals surface area contributed by atoms with E-state index in [1.54, 1.807) is 6.07 Å². The van der Waals surface area contributed by atoms with Gasteiger partial charge >= 0.3 is 0 Å². The highest BCUT2D eigenvalue weighted by Gasteiger charge is 2.05. The lowest BCUT2D eigenvalue weighted by atomic mass is 10.2. The Morgan fingerprint density at radius 2 is 2.14 bits per heavy atom. The number of nitrogens with zero attached hydrogens (tertiary/aromatic N) is 2. The summed E-state index contributed by atoms with van der Waals surface area (Å²) in [5.41, 5.74) is 0.650. The van der Waals surface area contributed by atoms with E-state index in [4.69, 9.17) is 11.6 Å². The van der Waals surface area contributed by atoms with Crippen LogP contribution in [0, 0.1) is 0 Å². The number of aromatic nitrogens is 2. The molecule has 2 rings (SSSR count). The standard InChI is InChI=1S/C10H9ClN2O/c1-13-8-5-3-2-4-7(8)10(14)12-9(13)6-11/h2-5H,6H2,1H3. The zero-order chi connectivity index (χ0) is 10.1. The van der Waals surface area contributed by atoms with E-state index in [0.29, 0.717) is 11.2 Å². The van der Waals surface area contributed by atoms with Gasteiger partial charge in [0.05, 0.1) is 16.8 Å². The van der Waals surface area contributed by atoms with E-state index in [-0.39, 0.29) is 11.4 Å². The van der Waals surface area contributed by atoms with Crippen LogP contribution in [0.5, 0.6) is 0 Å². The molecule has 4 heteroatoms. The van der Waals surface area contributed by atoms with Crippen molar-refractivity contribution in [2.45, 2.75) is 5.88 Å². The second-order valence-electron chi connectivity index (χ2n) is 3.04. The number of alkyl halides is 1. The summed E-state index contributed by atoms with van der Waals surface area (Å²) >= 11 is 5.68. The Morgan fingerprint density at radius 1 is 1.43 bits per heavy atom. The first-order chi connectivity index (χ1) is 6.74. The molecule has 0 saturated carbocycles. The molecular formula is C10H9ClN2O. The molecule has 3 nitrogen and oxygen atoms in total. The van der Waals surface area contributed by atoms with Gasteiger partial charge in [-0.3, -0.25) is 4.79 Å². The fraction of sp³-hybridized carbons (Fsp3) is 0.200. The molecule has 0 radical (unpaired) electrons. The van der Waals surface area contributed by atoms with Gasteiger partial charge in [0.2, 0.25) is 0 Å². The quantitative estimate of drug-likeness (QED) is 0.669. The summed E-state index contributed by atoms with van der Waals surface area (Å²) in [6.45, 7) is 0. The maximum atomic E-state index is 11.5. The van der Waals surface area contributed by atoms with Gasteiger partial charge in [-0.2, -0.15) is 4.98 Å². The SMILES string of the molecule is Cn1c(CCl)nc(=O)c2ccccc21. The Hall–Kier alpha value is -1.35. The first kappa shape index (κ1) is 9.21. The number of aryl methyl sites for hydroxylation is 1. The molecule has 0 N–H and O–H groups in total. The fourth-order valence-electron chi connectivity index (χ4n) is 1.46. The van der Waals surface area contributed by atoms with Gasteiger partial charge in [-0.25, -0.2) is 0 Å². The average molecular weight is 209 g/mol. The third-order valence-electron chi connectivity index (χ3n) is 2.23. The number of rotatable bonds is 1. The zero-order valence-electron chi connectivity index (χ0n) is 7.70. The van der Waals surface area contributed by atoms with Crippen LogP contribution in [0.4, 0.5) is 0 Å². The Bertz CT molecular complexity index is 533. The van der Waals surface area contributed by atoms with Crippen LogP contribution in [-0.4, -0.2) is 9.55 Å². The number of benzene rings is 1.